The highest BCUT2D eigenvalue weighted by molar-refractivity contribution is 8.35. The zero-order valence-corrected chi connectivity index (χ0v) is 25.0. The Morgan fingerprint density at radius 2 is 1.89 bits per heavy atom. The minimum Gasteiger partial charge on any atom is -0.465 e. The second kappa shape index (κ2) is 10.8. The smallest absolute Gasteiger partial charge is 0.417 e. The quantitative estimate of drug-likeness (QED) is 0.109. The molecule has 0 amide bonds. The number of esters is 1. The highest BCUT2D eigenvalue weighted by atomic mass is 32.3. The second-order valence-electron chi connectivity index (χ2n) is 12.2. The Labute approximate surface area is 252 Å². The molecule has 7 nitrogen and oxygen atoms in total. The maximum absolute atomic E-state index is 16.0. The summed E-state index contributed by atoms with van der Waals surface area (Å²) < 4.78 is 89.6. The van der Waals surface area contributed by atoms with E-state index in [1.807, 2.05) is 0 Å². The van der Waals surface area contributed by atoms with E-state index in [-0.39, 0.29) is 47.3 Å². The highest BCUT2D eigenvalue weighted by Crippen LogP contribution is 2.80. The lowest BCUT2D eigenvalue weighted by Crippen LogP contribution is -2.34. The van der Waals surface area contributed by atoms with E-state index < -0.39 is 33.7 Å². The van der Waals surface area contributed by atoms with Crippen molar-refractivity contribution in [2.24, 2.45) is 11.8 Å². The minimum absolute atomic E-state index is 0.0281. The van der Waals surface area contributed by atoms with E-state index in [1.165, 1.54) is 25.3 Å². The lowest BCUT2D eigenvalue weighted by Gasteiger charge is -2.31. The van der Waals surface area contributed by atoms with Crippen LogP contribution in [0, 0.1) is 17.7 Å². The Hall–Kier alpha value is -3.00. The van der Waals surface area contributed by atoms with Gasteiger partial charge < -0.3 is 14.0 Å². The predicted octanol–water partition coefficient (Wildman–Crippen LogP) is 7.66. The molecule has 1 saturated heterocycles. The van der Waals surface area contributed by atoms with Gasteiger partial charge in [-0.15, -0.1) is 4.48 Å². The van der Waals surface area contributed by atoms with Crippen LogP contribution in [0.4, 0.5) is 22.0 Å². The number of alkyl halides is 3. The monoisotopic (exact) mass is 637 g/mol. The molecule has 4 atom stereocenters. The summed E-state index contributed by atoms with van der Waals surface area (Å²) in [4.78, 5) is 12.8. The molecule has 4 aliphatic rings. The number of methoxy groups -OCH3 is 1. The van der Waals surface area contributed by atoms with Crippen LogP contribution in [0.15, 0.2) is 50.7 Å². The number of halogens is 5. The first kappa shape index (κ1) is 29.7. The van der Waals surface area contributed by atoms with E-state index >= 15 is 4.48 Å². The number of aromatic nitrogens is 1. The number of nitrogens with zero attached hydrogens (tertiary/aromatic N) is 3. The first-order valence-corrected chi connectivity index (χ1v) is 16.7. The summed E-state index contributed by atoms with van der Waals surface area (Å²) in [6, 6.07) is 7.97. The number of ether oxygens (including phenoxy) is 2. The van der Waals surface area contributed by atoms with Gasteiger partial charge in [0.25, 0.3) is 0 Å². The van der Waals surface area contributed by atoms with Crippen LogP contribution in [0.5, 0.6) is 0 Å². The van der Waals surface area contributed by atoms with Gasteiger partial charge in [-0.25, -0.2) is 14.2 Å². The molecule has 3 aromatic rings. The second-order valence-corrected chi connectivity index (χ2v) is 15.1. The van der Waals surface area contributed by atoms with E-state index in [9.17, 15) is 22.4 Å². The molecular formula is C31H32F5N3O4S. The third-order valence-corrected chi connectivity index (χ3v) is 12.5. The number of hydrogen-bond donors (Lipinski definition) is 0. The van der Waals surface area contributed by atoms with Crippen LogP contribution in [0.2, 0.25) is 0 Å². The number of hydrazine groups is 1. The Kier molecular flexibility index (Phi) is 7.30. The summed E-state index contributed by atoms with van der Waals surface area (Å²) in [5.41, 5.74) is -0.0119. The van der Waals surface area contributed by atoms with E-state index in [1.54, 1.807) is 17.3 Å². The summed E-state index contributed by atoms with van der Waals surface area (Å²) in [5.74, 6) is -0.177. The largest absolute Gasteiger partial charge is 0.465 e. The topological polar surface area (TPSA) is 68.0 Å². The Balaban J connectivity index is 1.03. The summed E-state index contributed by atoms with van der Waals surface area (Å²) in [6.45, 7) is 1.01. The predicted molar refractivity (Wildman–Crippen MR) is 151 cm³/mol. The van der Waals surface area contributed by atoms with Gasteiger partial charge in [0.1, 0.15) is 17.3 Å². The lowest BCUT2D eigenvalue weighted by atomic mass is 9.80. The Morgan fingerprint density at radius 3 is 2.61 bits per heavy atom. The lowest BCUT2D eigenvalue weighted by molar-refractivity contribution is -0.137. The van der Waals surface area contributed by atoms with Crippen LogP contribution in [0.25, 0.3) is 11.3 Å². The van der Waals surface area contributed by atoms with Gasteiger partial charge in [0.05, 0.1) is 35.8 Å². The number of hydrogen-bond acceptors (Lipinski definition) is 7. The molecule has 0 spiro atoms. The first-order chi connectivity index (χ1) is 21.0. The average Bonchev–Trinajstić information content (AvgIpc) is 3.85. The molecule has 2 aliphatic heterocycles. The highest BCUT2D eigenvalue weighted by Gasteiger charge is 2.55. The van der Waals surface area contributed by atoms with Gasteiger partial charge in [-0.1, -0.05) is 33.6 Å². The molecule has 7 rings (SSSR count). The van der Waals surface area contributed by atoms with Crippen LogP contribution >= 0.6 is 10.2 Å². The fourth-order valence-electron chi connectivity index (χ4n) is 6.92. The molecule has 3 heterocycles. The molecule has 2 aromatic carbocycles. The molecule has 236 valence electrons. The molecule has 0 bridgehead atoms. The number of benzene rings is 2. The molecule has 0 radical (unpaired) electrons. The van der Waals surface area contributed by atoms with Gasteiger partial charge in [0.2, 0.25) is 0 Å². The molecule has 3 unspecified atom stereocenters. The van der Waals surface area contributed by atoms with E-state index in [0.717, 1.165) is 37.8 Å². The molecule has 3 fully saturated rings. The molecule has 0 N–H and O–H groups in total. The van der Waals surface area contributed by atoms with Gasteiger partial charge in [-0.3, -0.25) is 0 Å². The van der Waals surface area contributed by atoms with Crippen molar-refractivity contribution in [3.8, 4) is 11.3 Å². The minimum atomic E-state index is -4.54. The number of rotatable bonds is 8. The summed E-state index contributed by atoms with van der Waals surface area (Å²) >= 11 is 0. The van der Waals surface area contributed by atoms with Gasteiger partial charge >= 0.3 is 12.1 Å². The molecular weight excluding hydrogens is 605 g/mol. The van der Waals surface area contributed by atoms with Crippen LogP contribution in [0.1, 0.15) is 65.3 Å². The van der Waals surface area contributed by atoms with Crippen LogP contribution < -0.4 is 0 Å². The summed E-state index contributed by atoms with van der Waals surface area (Å²) in [5, 5.41) is 5.72. The Bertz CT molecular complexity index is 1610. The van der Waals surface area contributed by atoms with Crippen molar-refractivity contribution in [2.45, 2.75) is 66.7 Å². The summed E-state index contributed by atoms with van der Waals surface area (Å²) in [7, 11) is -1.14. The van der Waals surface area contributed by atoms with Crippen molar-refractivity contribution in [1.82, 2.24) is 14.8 Å². The third-order valence-electron chi connectivity index (χ3n) is 9.44. The van der Waals surface area contributed by atoms with Crippen LogP contribution in [-0.2, 0) is 22.3 Å². The maximum Gasteiger partial charge on any atom is 0.417 e. The van der Waals surface area contributed by atoms with Crippen molar-refractivity contribution in [3.05, 3.63) is 64.7 Å². The zero-order valence-electron chi connectivity index (χ0n) is 24.2. The first-order valence-electron chi connectivity index (χ1n) is 14.7. The van der Waals surface area contributed by atoms with Gasteiger partial charge in [0.15, 0.2) is 0 Å². The summed E-state index contributed by atoms with van der Waals surface area (Å²) in [6.07, 6.45) is 0.990. The molecule has 2 aliphatic carbocycles. The van der Waals surface area contributed by atoms with Crippen molar-refractivity contribution in [3.63, 3.8) is 0 Å². The number of carbonyl (C=O) groups excluding carboxylic acids is 1. The third kappa shape index (κ3) is 5.01. The van der Waals surface area contributed by atoms with E-state index in [4.69, 9.17) is 14.0 Å². The normalized spacial score (nSPS) is 28.0. The maximum atomic E-state index is 16.0. The molecule has 2 saturated carbocycles. The zero-order chi connectivity index (χ0) is 31.0. The fraction of sp³-hybridized carbons (Fsp3) is 0.484. The van der Waals surface area contributed by atoms with E-state index in [0.29, 0.717) is 45.3 Å². The SMILES string of the molecule is COC(=O)c1cc(F)c2c(c1)S2(C)N(F)N1CC2CC[C@H](OCc3c(-c4ccccc4C(F)(F)F)noc3C3CC3)CC2C1. The van der Waals surface area contributed by atoms with Gasteiger partial charge in [-0.05, 0) is 73.0 Å². The molecule has 13 heteroatoms. The van der Waals surface area contributed by atoms with Crippen molar-refractivity contribution in [1.29, 1.82) is 0 Å². The van der Waals surface area contributed by atoms with Crippen molar-refractivity contribution >= 4 is 16.2 Å². The molecule has 1 aromatic heterocycles. The van der Waals surface area contributed by atoms with Crippen molar-refractivity contribution in [2.75, 3.05) is 26.5 Å². The standard InChI is InChI=1S/C31H32F5N3O4S/c1-41-30(40)19-12-25(32)29-26(13-19)44(29,2)39(36)38-14-18-9-10-21(11-20(18)15-38)42-16-23-27(37-43-28(23)17-7-8-17)22-5-3-4-6-24(22)31(33,34)35/h3-6,12-13,17-18,20-21H,7-11,14-16H2,1-2H3/t18?,20?,21-/m0/s1. The Morgan fingerprint density at radius 1 is 1.14 bits per heavy atom. The van der Waals surface area contributed by atoms with Crippen molar-refractivity contribution < 1.29 is 40.8 Å². The van der Waals surface area contributed by atoms with Gasteiger partial charge in [-0.2, -0.15) is 13.2 Å². The number of fused-ring (bicyclic) bond motifs is 2. The number of carbonyl (C=O) groups is 1. The average molecular weight is 638 g/mol. The van der Waals surface area contributed by atoms with Crippen LogP contribution in [0.3, 0.4) is 0 Å². The molecule has 44 heavy (non-hydrogen) atoms. The van der Waals surface area contributed by atoms with Crippen LogP contribution in [-0.4, -0.2) is 53.3 Å². The van der Waals surface area contributed by atoms with E-state index in [2.05, 4.69) is 5.16 Å². The van der Waals surface area contributed by atoms with Gasteiger partial charge in [0, 0.05) is 35.0 Å². The fourth-order valence-corrected chi connectivity index (χ4v) is 9.75.